The van der Waals surface area contributed by atoms with E-state index in [2.05, 4.69) is 16.0 Å². The molecule has 0 spiro atoms. The van der Waals surface area contributed by atoms with Crippen LogP contribution in [0.1, 0.15) is 0 Å². The zero-order valence-electron chi connectivity index (χ0n) is 9.47. The van der Waals surface area contributed by atoms with Crippen LogP contribution in [-0.2, 0) is 0 Å². The third kappa shape index (κ3) is 1.65. The maximum atomic E-state index is 5.33. The van der Waals surface area contributed by atoms with Crippen molar-refractivity contribution in [3.63, 3.8) is 0 Å². The van der Waals surface area contributed by atoms with Crippen molar-refractivity contribution in [2.24, 2.45) is 0 Å². The van der Waals surface area contributed by atoms with E-state index < -0.39 is 0 Å². The number of hydrogen-bond donors (Lipinski definition) is 1. The van der Waals surface area contributed by atoms with Crippen molar-refractivity contribution < 1.29 is 4.74 Å². The molecule has 3 nitrogen and oxygen atoms in total. The Labute approximate surface area is 99.1 Å². The van der Waals surface area contributed by atoms with Gasteiger partial charge in [-0.2, -0.15) is 0 Å². The third-order valence-corrected chi connectivity index (χ3v) is 2.78. The summed E-state index contributed by atoms with van der Waals surface area (Å²) in [6.45, 7) is 0. The summed E-state index contributed by atoms with van der Waals surface area (Å²) in [6, 6.07) is 14.0. The van der Waals surface area contributed by atoms with E-state index in [0.29, 0.717) is 0 Å². The maximum Gasteiger partial charge on any atom is 0.145 e. The molecule has 0 radical (unpaired) electrons. The molecule has 84 valence electrons. The summed E-state index contributed by atoms with van der Waals surface area (Å²) in [7, 11) is 1.66. The van der Waals surface area contributed by atoms with Crippen LogP contribution in [0.25, 0.3) is 22.3 Å². The Balaban J connectivity index is 2.24. The molecular formula is C14H12N2O. The second-order valence-corrected chi connectivity index (χ2v) is 3.81. The number of H-pyrrole nitrogens is 1. The molecule has 1 N–H and O–H groups in total. The van der Waals surface area contributed by atoms with E-state index >= 15 is 0 Å². The molecule has 0 aliphatic carbocycles. The lowest BCUT2D eigenvalue weighted by Gasteiger charge is -2.05. The van der Waals surface area contributed by atoms with E-state index in [1.807, 2.05) is 42.6 Å². The molecule has 1 aromatic carbocycles. The Kier molecular flexibility index (Phi) is 2.29. The van der Waals surface area contributed by atoms with Gasteiger partial charge >= 0.3 is 0 Å². The van der Waals surface area contributed by atoms with Crippen molar-refractivity contribution in [2.75, 3.05) is 7.11 Å². The lowest BCUT2D eigenvalue weighted by Crippen LogP contribution is -1.89. The van der Waals surface area contributed by atoms with Gasteiger partial charge in [0.2, 0.25) is 0 Å². The number of rotatable bonds is 2. The van der Waals surface area contributed by atoms with Crippen LogP contribution < -0.4 is 4.74 Å². The molecule has 0 aliphatic heterocycles. The average Bonchev–Trinajstić information content (AvgIpc) is 2.91. The maximum absolute atomic E-state index is 5.33. The number of aromatic amines is 1. The van der Waals surface area contributed by atoms with Gasteiger partial charge in [0.15, 0.2) is 0 Å². The largest absolute Gasteiger partial charge is 0.494 e. The minimum Gasteiger partial charge on any atom is -0.494 e. The number of aromatic nitrogens is 2. The summed E-state index contributed by atoms with van der Waals surface area (Å²) < 4.78 is 5.33. The van der Waals surface area contributed by atoms with Crippen LogP contribution in [0.2, 0.25) is 0 Å². The minimum absolute atomic E-state index is 0.802. The Hall–Kier alpha value is -2.29. The van der Waals surface area contributed by atoms with Gasteiger partial charge < -0.3 is 9.72 Å². The lowest BCUT2D eigenvalue weighted by atomic mass is 10.1. The number of hydrogen-bond acceptors (Lipinski definition) is 2. The zero-order chi connectivity index (χ0) is 11.7. The Morgan fingerprint density at radius 3 is 2.76 bits per heavy atom. The molecule has 3 heteroatoms. The molecule has 0 unspecified atom stereocenters. The molecule has 0 fully saturated rings. The third-order valence-electron chi connectivity index (χ3n) is 2.78. The van der Waals surface area contributed by atoms with Gasteiger partial charge in [-0.05, 0) is 24.3 Å². The predicted molar refractivity (Wildman–Crippen MR) is 68.1 cm³/mol. The van der Waals surface area contributed by atoms with Crippen LogP contribution >= 0.6 is 0 Å². The van der Waals surface area contributed by atoms with E-state index in [4.69, 9.17) is 4.74 Å². The number of fused-ring (bicyclic) bond motifs is 1. The van der Waals surface area contributed by atoms with Crippen LogP contribution in [0.15, 0.2) is 48.7 Å². The standard InChI is InChI=1S/C14H12N2O/c1-17-13-6-2-4-10-7-8-12(16-14(10)13)11-5-3-9-15-11/h2-9,15H,1H3. The van der Waals surface area contributed by atoms with E-state index in [9.17, 15) is 0 Å². The fourth-order valence-electron chi connectivity index (χ4n) is 1.92. The van der Waals surface area contributed by atoms with Crippen molar-refractivity contribution in [3.05, 3.63) is 48.7 Å². The van der Waals surface area contributed by atoms with Crippen LogP contribution in [0.3, 0.4) is 0 Å². The first-order valence-electron chi connectivity index (χ1n) is 5.46. The van der Waals surface area contributed by atoms with Crippen molar-refractivity contribution in [3.8, 4) is 17.1 Å². The molecule has 0 atom stereocenters. The van der Waals surface area contributed by atoms with E-state index in [-0.39, 0.29) is 0 Å². The smallest absolute Gasteiger partial charge is 0.145 e. The summed E-state index contributed by atoms with van der Waals surface area (Å²) in [5.74, 6) is 0.802. The summed E-state index contributed by atoms with van der Waals surface area (Å²) in [6.07, 6.45) is 1.89. The highest BCUT2D eigenvalue weighted by atomic mass is 16.5. The summed E-state index contributed by atoms with van der Waals surface area (Å²) in [5, 5.41) is 1.08. The molecule has 3 aromatic rings. The number of para-hydroxylation sites is 1. The Morgan fingerprint density at radius 2 is 2.00 bits per heavy atom. The number of pyridine rings is 1. The van der Waals surface area contributed by atoms with Gasteiger partial charge in [-0.1, -0.05) is 18.2 Å². The van der Waals surface area contributed by atoms with Gasteiger partial charge in [0.1, 0.15) is 11.3 Å². The number of nitrogens with zero attached hydrogens (tertiary/aromatic N) is 1. The Bertz CT molecular complexity index is 644. The fourth-order valence-corrected chi connectivity index (χ4v) is 1.92. The molecule has 2 heterocycles. The SMILES string of the molecule is COc1cccc2ccc(-c3ccc[nH]3)nc12. The highest BCUT2D eigenvalue weighted by Gasteiger charge is 2.05. The number of ether oxygens (including phenoxy) is 1. The van der Waals surface area contributed by atoms with Crippen molar-refractivity contribution >= 4 is 10.9 Å². The summed E-state index contributed by atoms with van der Waals surface area (Å²) >= 11 is 0. The molecule has 0 aliphatic rings. The number of methoxy groups -OCH3 is 1. The first-order chi connectivity index (χ1) is 8.38. The quantitative estimate of drug-likeness (QED) is 0.725. The summed E-state index contributed by atoms with van der Waals surface area (Å²) in [5.41, 5.74) is 2.83. The molecule has 17 heavy (non-hydrogen) atoms. The van der Waals surface area contributed by atoms with Gasteiger partial charge in [0.25, 0.3) is 0 Å². The molecule has 3 rings (SSSR count). The van der Waals surface area contributed by atoms with Crippen molar-refractivity contribution in [1.82, 2.24) is 9.97 Å². The van der Waals surface area contributed by atoms with Crippen LogP contribution in [0, 0.1) is 0 Å². The Morgan fingerprint density at radius 1 is 1.06 bits per heavy atom. The van der Waals surface area contributed by atoms with Crippen molar-refractivity contribution in [2.45, 2.75) is 0 Å². The fraction of sp³-hybridized carbons (Fsp3) is 0.0714. The van der Waals surface area contributed by atoms with Gasteiger partial charge in [0.05, 0.1) is 18.5 Å². The van der Waals surface area contributed by atoms with Gasteiger partial charge in [-0.25, -0.2) is 4.98 Å². The van der Waals surface area contributed by atoms with Crippen molar-refractivity contribution in [1.29, 1.82) is 0 Å². The normalized spacial score (nSPS) is 10.6. The predicted octanol–water partition coefficient (Wildman–Crippen LogP) is 3.24. The van der Waals surface area contributed by atoms with E-state index in [1.54, 1.807) is 7.11 Å². The van der Waals surface area contributed by atoms with E-state index in [0.717, 1.165) is 28.0 Å². The minimum atomic E-state index is 0.802. The van der Waals surface area contributed by atoms with Crippen LogP contribution in [-0.4, -0.2) is 17.1 Å². The number of nitrogens with one attached hydrogen (secondary N) is 1. The molecule has 0 saturated carbocycles. The van der Waals surface area contributed by atoms with Gasteiger partial charge in [-0.3, -0.25) is 0 Å². The molecule has 0 saturated heterocycles. The second-order valence-electron chi connectivity index (χ2n) is 3.81. The first-order valence-corrected chi connectivity index (χ1v) is 5.46. The van der Waals surface area contributed by atoms with Gasteiger partial charge in [0, 0.05) is 11.6 Å². The zero-order valence-corrected chi connectivity index (χ0v) is 9.47. The molecule has 0 amide bonds. The molecule has 0 bridgehead atoms. The summed E-state index contributed by atoms with van der Waals surface area (Å²) in [4.78, 5) is 7.78. The second kappa shape index (κ2) is 3.94. The highest BCUT2D eigenvalue weighted by molar-refractivity contribution is 5.86. The molecular weight excluding hydrogens is 212 g/mol. The monoisotopic (exact) mass is 224 g/mol. The topological polar surface area (TPSA) is 37.9 Å². The highest BCUT2D eigenvalue weighted by Crippen LogP contribution is 2.26. The lowest BCUT2D eigenvalue weighted by molar-refractivity contribution is 0.419. The van der Waals surface area contributed by atoms with Crippen LogP contribution in [0.4, 0.5) is 0 Å². The first kappa shape index (κ1) is 9.90. The number of benzene rings is 1. The van der Waals surface area contributed by atoms with Crippen LogP contribution in [0.5, 0.6) is 5.75 Å². The average molecular weight is 224 g/mol. The molecule has 2 aromatic heterocycles. The van der Waals surface area contributed by atoms with Gasteiger partial charge in [-0.15, -0.1) is 0 Å². The van der Waals surface area contributed by atoms with E-state index in [1.165, 1.54) is 0 Å².